The first-order valence-corrected chi connectivity index (χ1v) is 7.19. The molecule has 1 aliphatic carbocycles. The van der Waals surface area contributed by atoms with Crippen molar-refractivity contribution in [3.8, 4) is 6.07 Å². The lowest BCUT2D eigenvalue weighted by molar-refractivity contribution is 0.0699. The number of carboxylic acids is 1. The minimum atomic E-state index is -0.918. The third kappa shape index (κ3) is 4.03. The van der Waals surface area contributed by atoms with Gasteiger partial charge in [-0.2, -0.15) is 5.26 Å². The van der Waals surface area contributed by atoms with Crippen molar-refractivity contribution in [1.29, 1.82) is 5.26 Å². The average molecular weight is 282 g/mol. The number of benzene rings is 1. The molecular formula is C17H18N2O2. The fourth-order valence-electron chi connectivity index (χ4n) is 2.51. The number of nitrogens with zero attached hydrogens (tertiary/aromatic N) is 2. The normalized spacial score (nSPS) is 14.8. The number of rotatable bonds is 1. The quantitative estimate of drug-likeness (QED) is 0.857. The van der Waals surface area contributed by atoms with Crippen molar-refractivity contribution in [3.63, 3.8) is 0 Å². The molecule has 1 aliphatic rings. The lowest BCUT2D eigenvalue weighted by Gasteiger charge is -2.13. The van der Waals surface area contributed by atoms with E-state index < -0.39 is 5.97 Å². The predicted molar refractivity (Wildman–Crippen MR) is 80.9 cm³/mol. The Morgan fingerprint density at radius 1 is 1.19 bits per heavy atom. The summed E-state index contributed by atoms with van der Waals surface area (Å²) in [5, 5.41) is 18.0. The Morgan fingerprint density at radius 3 is 2.52 bits per heavy atom. The molecule has 0 atom stereocenters. The molecule has 21 heavy (non-hydrogen) atoms. The van der Waals surface area contributed by atoms with Crippen LogP contribution in [0.3, 0.4) is 0 Å². The van der Waals surface area contributed by atoms with Crippen LogP contribution < -0.4 is 0 Å². The van der Waals surface area contributed by atoms with E-state index in [1.54, 1.807) is 18.2 Å². The van der Waals surface area contributed by atoms with Crippen molar-refractivity contribution in [1.82, 2.24) is 4.98 Å². The van der Waals surface area contributed by atoms with Crippen molar-refractivity contribution in [2.75, 3.05) is 0 Å². The molecule has 0 bridgehead atoms. The van der Waals surface area contributed by atoms with Crippen LogP contribution in [-0.4, -0.2) is 16.1 Å². The van der Waals surface area contributed by atoms with Crippen LogP contribution >= 0.6 is 0 Å². The van der Waals surface area contributed by atoms with Gasteiger partial charge in [0.15, 0.2) is 0 Å². The van der Waals surface area contributed by atoms with E-state index in [1.165, 1.54) is 31.5 Å². The number of nitriles is 1. The lowest BCUT2D eigenvalue weighted by Crippen LogP contribution is -2.02. The van der Waals surface area contributed by atoms with Gasteiger partial charge in [0.2, 0.25) is 0 Å². The van der Waals surface area contributed by atoms with E-state index >= 15 is 0 Å². The molecule has 3 rings (SSSR count). The van der Waals surface area contributed by atoms with Crippen LogP contribution in [0.1, 0.15) is 42.5 Å². The summed E-state index contributed by atoms with van der Waals surface area (Å²) in [6.45, 7) is 0. The number of para-hydroxylation sites is 1. The third-order valence-corrected chi connectivity index (χ3v) is 3.67. The molecule has 1 fully saturated rings. The highest BCUT2D eigenvalue weighted by molar-refractivity contribution is 6.02. The molecule has 1 aromatic heterocycles. The summed E-state index contributed by atoms with van der Waals surface area (Å²) >= 11 is 0. The summed E-state index contributed by atoms with van der Waals surface area (Å²) in [7, 11) is 0. The fourth-order valence-corrected chi connectivity index (χ4v) is 2.51. The summed E-state index contributed by atoms with van der Waals surface area (Å²) in [6, 6.07) is 11.0. The number of fused-ring (bicyclic) bond motifs is 1. The third-order valence-electron chi connectivity index (χ3n) is 3.67. The highest BCUT2D eigenvalue weighted by atomic mass is 16.4. The monoisotopic (exact) mass is 282 g/mol. The summed E-state index contributed by atoms with van der Waals surface area (Å²) in [5.74, 6) is -0.526. The fraction of sp³-hybridized carbons (Fsp3) is 0.353. The van der Waals surface area contributed by atoms with Crippen LogP contribution in [0.4, 0.5) is 0 Å². The highest BCUT2D eigenvalue weighted by Crippen LogP contribution is 2.22. The average Bonchev–Trinajstić information content (AvgIpc) is 2.55. The highest BCUT2D eigenvalue weighted by Gasteiger charge is 2.10. The second-order valence-electron chi connectivity index (χ2n) is 5.14. The van der Waals surface area contributed by atoms with Gasteiger partial charge in [-0.05, 0) is 25.0 Å². The molecule has 4 heteroatoms. The van der Waals surface area contributed by atoms with E-state index in [9.17, 15) is 4.79 Å². The maximum Gasteiger partial charge on any atom is 0.336 e. The smallest absolute Gasteiger partial charge is 0.336 e. The van der Waals surface area contributed by atoms with Crippen LogP contribution in [0.5, 0.6) is 0 Å². The first kappa shape index (κ1) is 15.0. The second-order valence-corrected chi connectivity index (χ2v) is 5.14. The molecule has 2 aromatic rings. The Morgan fingerprint density at radius 2 is 1.90 bits per heavy atom. The number of carboxylic acid groups (broad SMARTS) is 1. The van der Waals surface area contributed by atoms with Gasteiger partial charge >= 0.3 is 5.97 Å². The number of carbonyl (C=O) groups is 1. The molecule has 0 aliphatic heterocycles. The van der Waals surface area contributed by atoms with Gasteiger partial charge in [0.25, 0.3) is 0 Å². The Hall–Kier alpha value is -2.41. The Kier molecular flexibility index (Phi) is 5.28. The van der Waals surface area contributed by atoms with Crippen molar-refractivity contribution >= 4 is 16.9 Å². The second kappa shape index (κ2) is 7.39. The van der Waals surface area contributed by atoms with Gasteiger partial charge in [0.1, 0.15) is 0 Å². The van der Waals surface area contributed by atoms with Crippen molar-refractivity contribution in [2.45, 2.75) is 32.1 Å². The predicted octanol–water partition coefficient (Wildman–Crippen LogP) is 4.02. The molecule has 108 valence electrons. The number of aromatic nitrogens is 1. The minimum Gasteiger partial charge on any atom is -0.478 e. The molecule has 0 saturated heterocycles. The Labute approximate surface area is 124 Å². The van der Waals surface area contributed by atoms with Gasteiger partial charge in [-0.1, -0.05) is 37.5 Å². The zero-order chi connectivity index (χ0) is 15.1. The summed E-state index contributed by atoms with van der Waals surface area (Å²) < 4.78 is 0. The summed E-state index contributed by atoms with van der Waals surface area (Å²) in [6.07, 6.45) is 7.70. The topological polar surface area (TPSA) is 74.0 Å². The van der Waals surface area contributed by atoms with Gasteiger partial charge < -0.3 is 5.11 Å². The number of pyridine rings is 1. The SMILES string of the molecule is N#CC1CCCCC1.O=C(O)c1ccnc2ccccc12. The van der Waals surface area contributed by atoms with Crippen LogP contribution in [0.25, 0.3) is 10.9 Å². The van der Waals surface area contributed by atoms with E-state index in [4.69, 9.17) is 10.4 Å². The zero-order valence-corrected chi connectivity index (χ0v) is 11.8. The van der Waals surface area contributed by atoms with Crippen molar-refractivity contribution < 1.29 is 9.90 Å². The van der Waals surface area contributed by atoms with E-state index in [1.807, 2.05) is 6.07 Å². The van der Waals surface area contributed by atoms with Gasteiger partial charge in [0.05, 0.1) is 17.1 Å². The largest absolute Gasteiger partial charge is 0.478 e. The van der Waals surface area contributed by atoms with Crippen molar-refractivity contribution in [2.24, 2.45) is 5.92 Å². The number of aromatic carboxylic acids is 1. The van der Waals surface area contributed by atoms with Crippen LogP contribution in [-0.2, 0) is 0 Å². The van der Waals surface area contributed by atoms with Crippen LogP contribution in [0.2, 0.25) is 0 Å². The number of hydrogen-bond donors (Lipinski definition) is 1. The lowest BCUT2D eigenvalue weighted by atomic mass is 9.91. The van der Waals surface area contributed by atoms with Gasteiger partial charge in [-0.15, -0.1) is 0 Å². The Balaban J connectivity index is 0.000000173. The van der Waals surface area contributed by atoms with Gasteiger partial charge in [-0.3, -0.25) is 4.98 Å². The molecule has 1 heterocycles. The Bertz CT molecular complexity index is 650. The molecule has 4 nitrogen and oxygen atoms in total. The van der Waals surface area contributed by atoms with Crippen LogP contribution in [0, 0.1) is 17.2 Å². The molecule has 1 N–H and O–H groups in total. The van der Waals surface area contributed by atoms with Gasteiger partial charge in [0, 0.05) is 17.5 Å². The molecule has 1 saturated carbocycles. The maximum absolute atomic E-state index is 10.8. The molecule has 0 radical (unpaired) electrons. The molecule has 0 unspecified atom stereocenters. The first-order valence-electron chi connectivity index (χ1n) is 7.19. The first-order chi connectivity index (χ1) is 10.2. The van der Waals surface area contributed by atoms with E-state index in [-0.39, 0.29) is 0 Å². The van der Waals surface area contributed by atoms with Gasteiger partial charge in [-0.25, -0.2) is 4.79 Å². The van der Waals surface area contributed by atoms with E-state index in [2.05, 4.69) is 11.1 Å². The molecule has 0 amide bonds. The molecular weight excluding hydrogens is 264 g/mol. The maximum atomic E-state index is 10.8. The summed E-state index contributed by atoms with van der Waals surface area (Å²) in [4.78, 5) is 14.8. The standard InChI is InChI=1S/C10H7NO2.C7H11N/c12-10(13)8-5-6-11-9-4-2-1-3-7(8)9;8-6-7-4-2-1-3-5-7/h1-6H,(H,12,13);7H,1-5H2. The molecule has 1 aromatic carbocycles. The van der Waals surface area contributed by atoms with Crippen LogP contribution in [0.15, 0.2) is 36.5 Å². The minimum absolute atomic E-state index is 0.297. The zero-order valence-electron chi connectivity index (χ0n) is 11.8. The van der Waals surface area contributed by atoms with E-state index in [0.717, 1.165) is 12.8 Å². The number of hydrogen-bond acceptors (Lipinski definition) is 3. The van der Waals surface area contributed by atoms with E-state index in [0.29, 0.717) is 22.4 Å². The molecule has 0 spiro atoms. The summed E-state index contributed by atoms with van der Waals surface area (Å²) in [5.41, 5.74) is 1.01. The van der Waals surface area contributed by atoms with Crippen molar-refractivity contribution in [3.05, 3.63) is 42.1 Å².